The van der Waals surface area contributed by atoms with Gasteiger partial charge in [-0.15, -0.1) is 0 Å². The number of benzene rings is 3. The number of fused-ring (bicyclic) bond motifs is 4. The summed E-state index contributed by atoms with van der Waals surface area (Å²) < 4.78 is 7.36. The molecule has 0 aliphatic rings. The lowest BCUT2D eigenvalue weighted by Crippen LogP contribution is -2.20. The molecule has 4 nitrogen and oxygen atoms in total. The molecule has 0 aliphatic heterocycles. The summed E-state index contributed by atoms with van der Waals surface area (Å²) >= 11 is 0. The van der Waals surface area contributed by atoms with Crippen LogP contribution in [0.25, 0.3) is 32.8 Å². The predicted octanol–water partition coefficient (Wildman–Crippen LogP) is 4.34. The van der Waals surface area contributed by atoms with Gasteiger partial charge in [0, 0.05) is 5.39 Å². The minimum absolute atomic E-state index is 0.158. The molecule has 5 rings (SSSR count). The maximum atomic E-state index is 12.9. The van der Waals surface area contributed by atoms with Crippen LogP contribution in [0.5, 0.6) is 0 Å². The van der Waals surface area contributed by atoms with Crippen molar-refractivity contribution in [1.82, 2.24) is 9.55 Å². The lowest BCUT2D eigenvalue weighted by Gasteiger charge is -2.08. The Bertz CT molecular complexity index is 1290. The van der Waals surface area contributed by atoms with Crippen molar-refractivity contribution in [3.63, 3.8) is 0 Å². The molecular weight excluding hydrogens is 312 g/mol. The maximum absolute atomic E-state index is 12.9. The summed E-state index contributed by atoms with van der Waals surface area (Å²) in [6, 6.07) is 21.9. The van der Waals surface area contributed by atoms with Gasteiger partial charge in [-0.2, -0.15) is 0 Å². The van der Waals surface area contributed by atoms with Gasteiger partial charge in [0.25, 0.3) is 5.56 Å². The molecule has 3 aromatic carbocycles. The van der Waals surface area contributed by atoms with Gasteiger partial charge in [-0.25, -0.2) is 4.98 Å². The smallest absolute Gasteiger partial charge is 0.297 e. The zero-order valence-electron chi connectivity index (χ0n) is 13.3. The highest BCUT2D eigenvalue weighted by molar-refractivity contribution is 6.01. The van der Waals surface area contributed by atoms with E-state index >= 15 is 0 Å². The van der Waals surface area contributed by atoms with Crippen LogP contribution < -0.4 is 5.56 Å². The summed E-state index contributed by atoms with van der Waals surface area (Å²) in [7, 11) is 0. The van der Waals surface area contributed by atoms with E-state index in [1.54, 1.807) is 10.9 Å². The summed E-state index contributed by atoms with van der Waals surface area (Å²) in [6.45, 7) is 0.459. The van der Waals surface area contributed by atoms with Gasteiger partial charge in [0.2, 0.25) is 5.58 Å². The molecule has 0 saturated heterocycles. The van der Waals surface area contributed by atoms with Gasteiger partial charge in [0.15, 0.2) is 0 Å². The third-order valence-corrected chi connectivity index (χ3v) is 4.57. The van der Waals surface area contributed by atoms with Gasteiger partial charge in [-0.05, 0) is 28.5 Å². The van der Waals surface area contributed by atoms with E-state index in [-0.39, 0.29) is 5.56 Å². The van der Waals surface area contributed by atoms with Gasteiger partial charge < -0.3 is 4.42 Å². The molecule has 120 valence electrons. The monoisotopic (exact) mass is 326 g/mol. The minimum Gasteiger partial charge on any atom is -0.448 e. The average molecular weight is 326 g/mol. The van der Waals surface area contributed by atoms with Crippen LogP contribution in [0.3, 0.4) is 0 Å². The normalized spacial score (nSPS) is 11.5. The standard InChI is InChI=1S/C21H14N2O2/c24-21-20-19(17-10-3-4-11-18(17)25-20)22-13-23(21)12-15-8-5-7-14-6-1-2-9-16(14)15/h1-11,13H,12H2. The first-order chi connectivity index (χ1) is 12.3. The number of para-hydroxylation sites is 1. The number of aromatic nitrogens is 2. The second kappa shape index (κ2) is 5.31. The van der Waals surface area contributed by atoms with Crippen LogP contribution in [0.15, 0.2) is 82.3 Å². The molecule has 4 heteroatoms. The molecular formula is C21H14N2O2. The van der Waals surface area contributed by atoms with Crippen molar-refractivity contribution in [3.8, 4) is 0 Å². The van der Waals surface area contributed by atoms with E-state index in [1.807, 2.05) is 48.5 Å². The predicted molar refractivity (Wildman–Crippen MR) is 98.8 cm³/mol. The van der Waals surface area contributed by atoms with Crippen LogP contribution in [0.4, 0.5) is 0 Å². The SMILES string of the molecule is O=c1c2oc3ccccc3c2ncn1Cc1cccc2ccccc12. The lowest BCUT2D eigenvalue weighted by atomic mass is 10.0. The fraction of sp³-hybridized carbons (Fsp3) is 0.0476. The van der Waals surface area contributed by atoms with Crippen LogP contribution in [0, 0.1) is 0 Å². The molecule has 0 spiro atoms. The topological polar surface area (TPSA) is 48.0 Å². The zero-order valence-corrected chi connectivity index (χ0v) is 13.3. The van der Waals surface area contributed by atoms with Crippen LogP contribution in [-0.4, -0.2) is 9.55 Å². The molecule has 0 fully saturated rings. The van der Waals surface area contributed by atoms with Gasteiger partial charge >= 0.3 is 0 Å². The Morgan fingerprint density at radius 3 is 2.56 bits per heavy atom. The second-order valence-corrected chi connectivity index (χ2v) is 6.09. The Morgan fingerprint density at radius 2 is 1.64 bits per heavy atom. The summed E-state index contributed by atoms with van der Waals surface area (Å²) in [5, 5.41) is 3.17. The molecule has 25 heavy (non-hydrogen) atoms. The number of nitrogens with zero attached hydrogens (tertiary/aromatic N) is 2. The molecule has 0 saturated carbocycles. The number of hydrogen-bond donors (Lipinski definition) is 0. The van der Waals surface area contributed by atoms with Crippen molar-refractivity contribution in [2.75, 3.05) is 0 Å². The summed E-state index contributed by atoms with van der Waals surface area (Å²) in [6.07, 6.45) is 1.61. The van der Waals surface area contributed by atoms with E-state index in [2.05, 4.69) is 23.2 Å². The molecule has 0 amide bonds. The first kappa shape index (κ1) is 14.0. The average Bonchev–Trinajstić information content (AvgIpc) is 3.04. The van der Waals surface area contributed by atoms with Crippen LogP contribution in [0.1, 0.15) is 5.56 Å². The number of rotatable bonds is 2. The van der Waals surface area contributed by atoms with Crippen LogP contribution >= 0.6 is 0 Å². The minimum atomic E-state index is -0.158. The van der Waals surface area contributed by atoms with Gasteiger partial charge in [-0.1, -0.05) is 54.6 Å². The van der Waals surface area contributed by atoms with Crippen molar-refractivity contribution >= 4 is 32.8 Å². The molecule has 5 aromatic rings. The lowest BCUT2D eigenvalue weighted by molar-refractivity contribution is 0.643. The quantitative estimate of drug-likeness (QED) is 0.485. The molecule has 0 N–H and O–H groups in total. The first-order valence-electron chi connectivity index (χ1n) is 8.14. The highest BCUT2D eigenvalue weighted by atomic mass is 16.3. The van der Waals surface area contributed by atoms with E-state index in [0.29, 0.717) is 23.2 Å². The van der Waals surface area contributed by atoms with Crippen LogP contribution in [0.2, 0.25) is 0 Å². The zero-order chi connectivity index (χ0) is 16.8. The molecule has 0 unspecified atom stereocenters. The van der Waals surface area contributed by atoms with Crippen molar-refractivity contribution in [1.29, 1.82) is 0 Å². The van der Waals surface area contributed by atoms with Crippen molar-refractivity contribution < 1.29 is 4.42 Å². The fourth-order valence-corrected chi connectivity index (χ4v) is 3.34. The summed E-state index contributed by atoms with van der Waals surface area (Å²) in [5.41, 5.74) is 2.54. The Hall–Kier alpha value is -3.40. The Morgan fingerprint density at radius 1 is 0.880 bits per heavy atom. The molecule has 2 aromatic heterocycles. The third-order valence-electron chi connectivity index (χ3n) is 4.57. The van der Waals surface area contributed by atoms with Crippen LogP contribution in [-0.2, 0) is 6.54 Å². The van der Waals surface area contributed by atoms with Crippen molar-refractivity contribution in [2.24, 2.45) is 0 Å². The van der Waals surface area contributed by atoms with E-state index in [9.17, 15) is 4.79 Å². The molecule has 0 atom stereocenters. The molecule has 0 bridgehead atoms. The first-order valence-corrected chi connectivity index (χ1v) is 8.14. The maximum Gasteiger partial charge on any atom is 0.297 e. The summed E-state index contributed by atoms with van der Waals surface area (Å²) in [5.74, 6) is 0. The highest BCUT2D eigenvalue weighted by Crippen LogP contribution is 2.24. The van der Waals surface area contributed by atoms with Gasteiger partial charge in [0.05, 0.1) is 12.9 Å². The third kappa shape index (κ3) is 2.15. The van der Waals surface area contributed by atoms with E-state index in [0.717, 1.165) is 21.7 Å². The largest absolute Gasteiger partial charge is 0.448 e. The Labute approximate surface area is 143 Å². The second-order valence-electron chi connectivity index (χ2n) is 6.09. The molecule has 2 heterocycles. The van der Waals surface area contributed by atoms with E-state index < -0.39 is 0 Å². The Kier molecular flexibility index (Phi) is 2.97. The van der Waals surface area contributed by atoms with E-state index in [4.69, 9.17) is 4.42 Å². The van der Waals surface area contributed by atoms with Gasteiger partial charge in [-0.3, -0.25) is 9.36 Å². The number of furan rings is 1. The Balaban J connectivity index is 1.69. The fourth-order valence-electron chi connectivity index (χ4n) is 3.34. The van der Waals surface area contributed by atoms with Gasteiger partial charge in [0.1, 0.15) is 11.1 Å². The highest BCUT2D eigenvalue weighted by Gasteiger charge is 2.13. The van der Waals surface area contributed by atoms with Crippen molar-refractivity contribution in [2.45, 2.75) is 6.54 Å². The van der Waals surface area contributed by atoms with Crippen molar-refractivity contribution in [3.05, 3.63) is 89.0 Å². The molecule has 0 radical (unpaired) electrons. The number of hydrogen-bond acceptors (Lipinski definition) is 3. The molecule has 0 aliphatic carbocycles. The van der Waals surface area contributed by atoms with E-state index in [1.165, 1.54) is 0 Å². The summed E-state index contributed by atoms with van der Waals surface area (Å²) in [4.78, 5) is 17.3.